The molecule has 0 heterocycles. The Morgan fingerprint density at radius 3 is 2.45 bits per heavy atom. The summed E-state index contributed by atoms with van der Waals surface area (Å²) in [4.78, 5) is 12.1. The minimum absolute atomic E-state index is 0.101. The van der Waals surface area contributed by atoms with Crippen LogP contribution in [0.5, 0.6) is 0 Å². The highest BCUT2D eigenvalue weighted by atomic mass is 19.4. The molecule has 1 aliphatic carbocycles. The van der Waals surface area contributed by atoms with Crippen LogP contribution >= 0.6 is 0 Å². The number of amides is 1. The number of hydrogen-bond donors (Lipinski definition) is 3. The van der Waals surface area contributed by atoms with E-state index in [4.69, 9.17) is 5.84 Å². The van der Waals surface area contributed by atoms with Crippen LogP contribution in [0, 0.1) is 0 Å². The van der Waals surface area contributed by atoms with E-state index in [-0.39, 0.29) is 11.1 Å². The Morgan fingerprint density at radius 1 is 1.35 bits per heavy atom. The number of anilines is 1. The number of nitrogens with one attached hydrogen (secondary N) is 2. The number of halogens is 3. The molecule has 1 fully saturated rings. The van der Waals surface area contributed by atoms with Crippen molar-refractivity contribution in [1.29, 1.82) is 0 Å². The number of nitrogens with two attached hydrogens (primary N) is 1. The van der Waals surface area contributed by atoms with Crippen molar-refractivity contribution in [3.8, 4) is 0 Å². The van der Waals surface area contributed by atoms with E-state index in [0.29, 0.717) is 0 Å². The number of alkyl halides is 3. The molecule has 0 spiro atoms. The van der Waals surface area contributed by atoms with Crippen molar-refractivity contribution >= 4 is 11.6 Å². The van der Waals surface area contributed by atoms with Gasteiger partial charge >= 0.3 is 6.18 Å². The van der Waals surface area contributed by atoms with Gasteiger partial charge in [0.15, 0.2) is 0 Å². The molecule has 4 N–H and O–H groups in total. The van der Waals surface area contributed by atoms with Gasteiger partial charge in [-0.05, 0) is 38.3 Å². The molecule has 1 aromatic rings. The van der Waals surface area contributed by atoms with Crippen molar-refractivity contribution in [2.24, 2.45) is 5.84 Å². The van der Waals surface area contributed by atoms with Crippen LogP contribution in [0.2, 0.25) is 0 Å². The smallest absolute Gasteiger partial charge is 0.347 e. The molecule has 110 valence electrons. The van der Waals surface area contributed by atoms with Gasteiger partial charge in [0.1, 0.15) is 0 Å². The molecule has 0 radical (unpaired) electrons. The van der Waals surface area contributed by atoms with Crippen LogP contribution in [0.25, 0.3) is 0 Å². The summed E-state index contributed by atoms with van der Waals surface area (Å²) in [7, 11) is 0. The molecule has 0 bridgehead atoms. The minimum Gasteiger partial charge on any atom is -0.347 e. The SMILES string of the molecule is CC1(NC(=O)c2cccc(C(F)(F)F)c2NN)CCC1. The lowest BCUT2D eigenvalue weighted by atomic mass is 9.78. The monoisotopic (exact) mass is 287 g/mol. The zero-order valence-corrected chi connectivity index (χ0v) is 11.0. The van der Waals surface area contributed by atoms with Crippen LogP contribution in [0.3, 0.4) is 0 Å². The standard InChI is InChI=1S/C13H16F3N3O/c1-12(6-3-7-12)18-11(20)8-4-2-5-9(10(8)19-17)13(14,15)16/h2,4-5,19H,3,6-7,17H2,1H3,(H,18,20). The second-order valence-corrected chi connectivity index (χ2v) is 5.24. The molecule has 1 aliphatic rings. The lowest BCUT2D eigenvalue weighted by Gasteiger charge is -2.39. The van der Waals surface area contributed by atoms with Gasteiger partial charge in [-0.25, -0.2) is 0 Å². The van der Waals surface area contributed by atoms with Gasteiger partial charge in [0, 0.05) is 5.54 Å². The van der Waals surface area contributed by atoms with E-state index in [1.165, 1.54) is 12.1 Å². The number of rotatable bonds is 3. The number of carbonyl (C=O) groups excluding carboxylic acids is 1. The van der Waals surface area contributed by atoms with Crippen molar-refractivity contribution in [1.82, 2.24) is 5.32 Å². The summed E-state index contributed by atoms with van der Waals surface area (Å²) in [5.41, 5.74) is 0.200. The molecule has 7 heteroatoms. The van der Waals surface area contributed by atoms with E-state index in [9.17, 15) is 18.0 Å². The quantitative estimate of drug-likeness (QED) is 0.591. The van der Waals surface area contributed by atoms with Crippen molar-refractivity contribution < 1.29 is 18.0 Å². The lowest BCUT2D eigenvalue weighted by molar-refractivity contribution is -0.137. The molecule has 0 unspecified atom stereocenters. The molecular weight excluding hydrogens is 271 g/mol. The zero-order valence-electron chi connectivity index (χ0n) is 11.0. The van der Waals surface area contributed by atoms with Gasteiger partial charge in [-0.15, -0.1) is 0 Å². The fraction of sp³-hybridized carbons (Fsp3) is 0.462. The molecule has 0 aromatic heterocycles. The van der Waals surface area contributed by atoms with Crippen molar-refractivity contribution in [3.63, 3.8) is 0 Å². The largest absolute Gasteiger partial charge is 0.418 e. The summed E-state index contributed by atoms with van der Waals surface area (Å²) in [6.45, 7) is 1.87. The fourth-order valence-corrected chi connectivity index (χ4v) is 2.31. The van der Waals surface area contributed by atoms with Crippen LogP contribution in [-0.2, 0) is 6.18 Å². The van der Waals surface area contributed by atoms with Crippen molar-refractivity contribution in [2.75, 3.05) is 5.43 Å². The van der Waals surface area contributed by atoms with Crippen LogP contribution in [0.1, 0.15) is 42.1 Å². The third kappa shape index (κ3) is 2.72. The maximum absolute atomic E-state index is 12.9. The Labute approximate surface area is 114 Å². The lowest BCUT2D eigenvalue weighted by Crippen LogP contribution is -2.51. The summed E-state index contributed by atoms with van der Waals surface area (Å²) in [5.74, 6) is 4.62. The first kappa shape index (κ1) is 14.6. The maximum Gasteiger partial charge on any atom is 0.418 e. The van der Waals surface area contributed by atoms with E-state index in [2.05, 4.69) is 5.32 Å². The second-order valence-electron chi connectivity index (χ2n) is 5.24. The number of hydrogen-bond acceptors (Lipinski definition) is 3. The molecule has 4 nitrogen and oxygen atoms in total. The fourth-order valence-electron chi connectivity index (χ4n) is 2.31. The minimum atomic E-state index is -4.57. The summed E-state index contributed by atoms with van der Waals surface area (Å²) in [6, 6.07) is 3.40. The zero-order chi connectivity index (χ0) is 15.0. The molecular formula is C13H16F3N3O. The summed E-state index contributed by atoms with van der Waals surface area (Å²) >= 11 is 0. The molecule has 0 aliphatic heterocycles. The Hall–Kier alpha value is -1.76. The molecule has 2 rings (SSSR count). The van der Waals surface area contributed by atoms with E-state index < -0.39 is 23.3 Å². The summed E-state index contributed by atoms with van der Waals surface area (Å²) in [6.07, 6.45) is -1.92. The molecule has 1 aromatic carbocycles. The van der Waals surface area contributed by atoms with Crippen molar-refractivity contribution in [3.05, 3.63) is 29.3 Å². The van der Waals surface area contributed by atoms with Crippen LogP contribution in [0.4, 0.5) is 18.9 Å². The van der Waals surface area contributed by atoms with E-state index >= 15 is 0 Å². The Balaban J connectivity index is 2.34. The van der Waals surface area contributed by atoms with Gasteiger partial charge in [0.25, 0.3) is 5.91 Å². The number of hydrazine groups is 1. The first-order valence-corrected chi connectivity index (χ1v) is 6.26. The second kappa shape index (κ2) is 4.97. The summed E-state index contributed by atoms with van der Waals surface area (Å²) in [5, 5.41) is 2.76. The number of carbonyl (C=O) groups is 1. The number of para-hydroxylation sites is 1. The van der Waals surface area contributed by atoms with E-state index in [1.807, 2.05) is 12.3 Å². The normalized spacial score (nSPS) is 17.2. The van der Waals surface area contributed by atoms with Gasteiger partial charge in [0.05, 0.1) is 16.8 Å². The van der Waals surface area contributed by atoms with Gasteiger partial charge < -0.3 is 10.7 Å². The Morgan fingerprint density at radius 2 is 2.00 bits per heavy atom. The first-order chi connectivity index (χ1) is 9.27. The van der Waals surface area contributed by atoms with E-state index in [1.54, 1.807) is 0 Å². The first-order valence-electron chi connectivity index (χ1n) is 6.26. The van der Waals surface area contributed by atoms with Gasteiger partial charge in [-0.1, -0.05) is 6.07 Å². The Kier molecular flexibility index (Phi) is 3.64. The highest BCUT2D eigenvalue weighted by Crippen LogP contribution is 2.37. The molecule has 0 atom stereocenters. The highest BCUT2D eigenvalue weighted by Gasteiger charge is 2.37. The van der Waals surface area contributed by atoms with Gasteiger partial charge in [-0.2, -0.15) is 13.2 Å². The average Bonchev–Trinajstić information content (AvgIpc) is 2.34. The molecule has 1 amide bonds. The number of benzene rings is 1. The van der Waals surface area contributed by atoms with Gasteiger partial charge in [-0.3, -0.25) is 10.6 Å². The summed E-state index contributed by atoms with van der Waals surface area (Å²) < 4.78 is 38.6. The third-order valence-corrected chi connectivity index (χ3v) is 3.63. The number of nitrogen functional groups attached to an aromatic ring is 1. The topological polar surface area (TPSA) is 67.2 Å². The average molecular weight is 287 g/mol. The highest BCUT2D eigenvalue weighted by molar-refractivity contribution is 6.00. The predicted molar refractivity (Wildman–Crippen MR) is 69.0 cm³/mol. The van der Waals surface area contributed by atoms with Gasteiger partial charge in [0.2, 0.25) is 0 Å². The molecule has 20 heavy (non-hydrogen) atoms. The Bertz CT molecular complexity index is 524. The van der Waals surface area contributed by atoms with Crippen molar-refractivity contribution in [2.45, 2.75) is 37.9 Å². The third-order valence-electron chi connectivity index (χ3n) is 3.63. The molecule has 0 saturated heterocycles. The van der Waals surface area contributed by atoms with Crippen LogP contribution in [-0.4, -0.2) is 11.4 Å². The van der Waals surface area contributed by atoms with Crippen LogP contribution < -0.4 is 16.6 Å². The molecule has 1 saturated carbocycles. The van der Waals surface area contributed by atoms with Crippen LogP contribution in [0.15, 0.2) is 18.2 Å². The predicted octanol–water partition coefficient (Wildman–Crippen LogP) is 2.66. The maximum atomic E-state index is 12.9. The van der Waals surface area contributed by atoms with E-state index in [0.717, 1.165) is 25.3 Å².